The van der Waals surface area contributed by atoms with Crippen LogP contribution in [0.25, 0.3) is 10.2 Å². The number of aromatic nitrogens is 1. The highest BCUT2D eigenvalue weighted by molar-refractivity contribution is 7.22. The fourth-order valence-corrected chi connectivity index (χ4v) is 3.76. The molecule has 0 atom stereocenters. The smallest absolute Gasteiger partial charge is 0.282 e. The lowest BCUT2D eigenvalue weighted by Crippen LogP contribution is -2.37. The molecule has 2 aromatic carbocycles. The maximum atomic E-state index is 13.5. The molecule has 0 aliphatic rings. The molecule has 0 aliphatic heterocycles. The molecule has 0 aliphatic carbocycles. The number of carbonyl (C=O) groups is 1. The van der Waals surface area contributed by atoms with Crippen LogP contribution in [0.2, 0.25) is 5.02 Å². The third-order valence-electron chi connectivity index (χ3n) is 3.97. The predicted octanol–water partition coefficient (Wildman–Crippen LogP) is 4.63. The van der Waals surface area contributed by atoms with Crippen molar-refractivity contribution in [2.75, 3.05) is 32.1 Å². The van der Waals surface area contributed by atoms with Crippen molar-refractivity contribution in [1.29, 1.82) is 0 Å². The molecule has 1 heterocycles. The summed E-state index contributed by atoms with van der Waals surface area (Å²) in [5.74, 6) is -0.991. The molecule has 0 saturated carbocycles. The first-order valence-corrected chi connectivity index (χ1v) is 9.42. The van der Waals surface area contributed by atoms with Gasteiger partial charge in [-0.15, -0.1) is 12.4 Å². The van der Waals surface area contributed by atoms with Gasteiger partial charge in [0.05, 0.1) is 15.1 Å². The summed E-state index contributed by atoms with van der Waals surface area (Å²) in [4.78, 5) is 31.6. The molecule has 7 nitrogen and oxygen atoms in total. The van der Waals surface area contributed by atoms with E-state index in [-0.39, 0.29) is 35.2 Å². The van der Waals surface area contributed by atoms with Crippen molar-refractivity contribution < 1.29 is 14.1 Å². The van der Waals surface area contributed by atoms with E-state index in [1.165, 1.54) is 41.3 Å². The molecule has 29 heavy (non-hydrogen) atoms. The summed E-state index contributed by atoms with van der Waals surface area (Å²) in [5.41, 5.74) is 0.0859. The second kappa shape index (κ2) is 9.45. The summed E-state index contributed by atoms with van der Waals surface area (Å²) in [6.07, 6.45) is 0. The minimum absolute atomic E-state index is 0. The summed E-state index contributed by atoms with van der Waals surface area (Å²) in [6, 6.07) is 8.00. The van der Waals surface area contributed by atoms with E-state index in [4.69, 9.17) is 11.6 Å². The third kappa shape index (κ3) is 5.18. The number of nitro groups is 1. The van der Waals surface area contributed by atoms with E-state index in [2.05, 4.69) is 4.98 Å². The lowest BCUT2D eigenvalue weighted by molar-refractivity contribution is -0.385. The van der Waals surface area contributed by atoms with Gasteiger partial charge in [-0.25, -0.2) is 9.37 Å². The second-order valence-corrected chi connectivity index (χ2v) is 7.73. The average Bonchev–Trinajstić information content (AvgIpc) is 3.03. The van der Waals surface area contributed by atoms with E-state index >= 15 is 0 Å². The van der Waals surface area contributed by atoms with E-state index in [1.54, 1.807) is 0 Å². The molecule has 154 valence electrons. The van der Waals surface area contributed by atoms with Gasteiger partial charge in [-0.05, 0) is 44.4 Å². The van der Waals surface area contributed by atoms with Gasteiger partial charge >= 0.3 is 0 Å². The number of benzene rings is 2. The monoisotopic (exact) mass is 458 g/mol. The van der Waals surface area contributed by atoms with Gasteiger partial charge in [-0.2, -0.15) is 0 Å². The third-order valence-corrected chi connectivity index (χ3v) is 5.25. The molecular formula is C18H17Cl2FN4O3S. The number of fused-ring (bicyclic) bond motifs is 1. The van der Waals surface area contributed by atoms with Crippen LogP contribution < -0.4 is 4.90 Å². The van der Waals surface area contributed by atoms with Crippen LogP contribution >= 0.6 is 35.3 Å². The fourth-order valence-electron chi connectivity index (χ4n) is 2.57. The number of nitro benzene ring substituents is 1. The topological polar surface area (TPSA) is 79.6 Å². The van der Waals surface area contributed by atoms with E-state index in [0.717, 1.165) is 11.3 Å². The molecule has 0 bridgehead atoms. The zero-order valence-electron chi connectivity index (χ0n) is 15.5. The Hall–Kier alpha value is -2.33. The minimum atomic E-state index is -0.624. The molecule has 0 spiro atoms. The summed E-state index contributed by atoms with van der Waals surface area (Å²) in [5, 5.41) is 11.9. The second-order valence-electron chi connectivity index (χ2n) is 6.29. The van der Waals surface area contributed by atoms with Crippen LogP contribution in [0.15, 0.2) is 36.4 Å². The molecule has 0 saturated heterocycles. The van der Waals surface area contributed by atoms with Crippen molar-refractivity contribution >= 4 is 62.3 Å². The van der Waals surface area contributed by atoms with Crippen molar-refractivity contribution in [3.05, 3.63) is 62.9 Å². The van der Waals surface area contributed by atoms with Crippen molar-refractivity contribution in [3.8, 4) is 0 Å². The van der Waals surface area contributed by atoms with E-state index < -0.39 is 16.6 Å². The van der Waals surface area contributed by atoms with Crippen molar-refractivity contribution in [1.82, 2.24) is 9.88 Å². The highest BCUT2D eigenvalue weighted by atomic mass is 35.5. The van der Waals surface area contributed by atoms with E-state index in [0.29, 0.717) is 21.9 Å². The molecule has 0 fully saturated rings. The minimum Gasteiger partial charge on any atom is -0.308 e. The molecule has 0 radical (unpaired) electrons. The molecule has 3 rings (SSSR count). The number of thiazole rings is 1. The first kappa shape index (κ1) is 23.0. The van der Waals surface area contributed by atoms with Crippen LogP contribution in [0.1, 0.15) is 10.4 Å². The Morgan fingerprint density at radius 2 is 1.97 bits per heavy atom. The van der Waals surface area contributed by atoms with Crippen LogP contribution in [0, 0.1) is 15.9 Å². The number of amides is 1. The molecular weight excluding hydrogens is 442 g/mol. The summed E-state index contributed by atoms with van der Waals surface area (Å²) in [7, 11) is 3.69. The number of rotatable bonds is 6. The SMILES string of the molecule is CN(C)CCN(C(=O)c1cc(Cl)ccc1[N+](=O)[O-])c1nc2ccc(F)cc2s1.Cl. The number of halogens is 3. The van der Waals surface area contributed by atoms with Crippen LogP contribution in [-0.2, 0) is 0 Å². The maximum absolute atomic E-state index is 13.5. The Bertz CT molecular complexity index is 1060. The lowest BCUT2D eigenvalue weighted by atomic mass is 10.1. The quantitative estimate of drug-likeness (QED) is 0.397. The van der Waals surface area contributed by atoms with Gasteiger partial charge in [0.1, 0.15) is 11.4 Å². The zero-order chi connectivity index (χ0) is 20.4. The van der Waals surface area contributed by atoms with Crippen LogP contribution in [0.4, 0.5) is 15.2 Å². The fraction of sp³-hybridized carbons (Fsp3) is 0.222. The normalized spacial score (nSPS) is 10.8. The Labute approximate surface area is 181 Å². The summed E-state index contributed by atoms with van der Waals surface area (Å²) >= 11 is 7.11. The van der Waals surface area contributed by atoms with Crippen molar-refractivity contribution in [3.63, 3.8) is 0 Å². The van der Waals surface area contributed by atoms with Gasteiger partial charge in [-0.3, -0.25) is 19.8 Å². The van der Waals surface area contributed by atoms with E-state index in [1.807, 2.05) is 19.0 Å². The van der Waals surface area contributed by atoms with Crippen LogP contribution in [0.5, 0.6) is 0 Å². The Morgan fingerprint density at radius 3 is 2.62 bits per heavy atom. The van der Waals surface area contributed by atoms with Gasteiger partial charge in [0.25, 0.3) is 11.6 Å². The molecule has 11 heteroatoms. The zero-order valence-corrected chi connectivity index (χ0v) is 17.9. The van der Waals surface area contributed by atoms with Crippen molar-refractivity contribution in [2.45, 2.75) is 0 Å². The molecule has 1 amide bonds. The van der Waals surface area contributed by atoms with Crippen molar-refractivity contribution in [2.24, 2.45) is 0 Å². The van der Waals surface area contributed by atoms with Crippen LogP contribution in [0.3, 0.4) is 0 Å². The molecule has 0 N–H and O–H groups in total. The standard InChI is InChI=1S/C18H16ClFN4O3S.ClH/c1-22(2)7-8-23(18-21-14-5-4-12(20)10-16(14)28-18)17(25)13-9-11(19)3-6-15(13)24(26)27;/h3-6,9-10H,7-8H2,1-2H3;1H. The Kier molecular flexibility index (Phi) is 7.48. The lowest BCUT2D eigenvalue weighted by Gasteiger charge is -2.22. The molecule has 3 aromatic rings. The Balaban J connectivity index is 0.00000300. The highest BCUT2D eigenvalue weighted by Crippen LogP contribution is 2.32. The number of carbonyl (C=O) groups excluding carboxylic acids is 1. The number of nitrogens with zero attached hydrogens (tertiary/aromatic N) is 4. The summed E-state index contributed by atoms with van der Waals surface area (Å²) in [6.45, 7) is 0.752. The van der Waals surface area contributed by atoms with Gasteiger partial charge in [-0.1, -0.05) is 22.9 Å². The van der Waals surface area contributed by atoms with Crippen LogP contribution in [-0.4, -0.2) is 47.9 Å². The average molecular weight is 459 g/mol. The Morgan fingerprint density at radius 1 is 1.24 bits per heavy atom. The maximum Gasteiger partial charge on any atom is 0.282 e. The number of hydrogen-bond acceptors (Lipinski definition) is 6. The predicted molar refractivity (Wildman–Crippen MR) is 115 cm³/mol. The van der Waals surface area contributed by atoms with Gasteiger partial charge in [0, 0.05) is 24.2 Å². The molecule has 1 aromatic heterocycles. The molecule has 0 unspecified atom stereocenters. The van der Waals surface area contributed by atoms with E-state index in [9.17, 15) is 19.3 Å². The first-order chi connectivity index (χ1) is 13.3. The largest absolute Gasteiger partial charge is 0.308 e. The van der Waals surface area contributed by atoms with Gasteiger partial charge in [0.15, 0.2) is 5.13 Å². The first-order valence-electron chi connectivity index (χ1n) is 8.23. The number of anilines is 1. The van der Waals surface area contributed by atoms with Gasteiger partial charge in [0.2, 0.25) is 0 Å². The number of likely N-dealkylation sites (N-methyl/N-ethyl adjacent to an activating group) is 1. The number of hydrogen-bond donors (Lipinski definition) is 0. The highest BCUT2D eigenvalue weighted by Gasteiger charge is 2.28. The van der Waals surface area contributed by atoms with Gasteiger partial charge < -0.3 is 4.90 Å². The summed E-state index contributed by atoms with van der Waals surface area (Å²) < 4.78 is 14.1.